The van der Waals surface area contributed by atoms with E-state index in [0.717, 1.165) is 61.8 Å². The smallest absolute Gasteiger partial charge is 0.309 e. The Kier molecular flexibility index (Phi) is 7.74. The highest BCUT2D eigenvalue weighted by molar-refractivity contribution is 7.99. The Morgan fingerprint density at radius 2 is 1.73 bits per heavy atom. The van der Waals surface area contributed by atoms with E-state index in [1.807, 2.05) is 67.8 Å². The molecule has 3 aromatic rings. The van der Waals surface area contributed by atoms with Crippen LogP contribution in [0.15, 0.2) is 45.7 Å². The molecule has 41 heavy (non-hydrogen) atoms. The van der Waals surface area contributed by atoms with Gasteiger partial charge in [-0.15, -0.1) is 0 Å². The van der Waals surface area contributed by atoms with Gasteiger partial charge in [0.25, 0.3) is 5.89 Å². The number of hydrogen-bond donors (Lipinski definition) is 1. The molecule has 1 aliphatic carbocycles. The lowest BCUT2D eigenvalue weighted by atomic mass is 9.75. The SMILES string of the molecule is CC(C)(C)NS(=O)(=O)c1ccc(-c2oc(C(=O)N3CC4(CCSCC4)C3)nc2CC2CCCCC2)c2ccccc12. The van der Waals surface area contributed by atoms with Crippen LogP contribution in [0.2, 0.25) is 0 Å². The summed E-state index contributed by atoms with van der Waals surface area (Å²) in [4.78, 5) is 20.6. The Morgan fingerprint density at radius 3 is 2.41 bits per heavy atom. The maximum Gasteiger partial charge on any atom is 0.309 e. The van der Waals surface area contributed by atoms with Crippen molar-refractivity contribution in [2.45, 2.75) is 82.6 Å². The van der Waals surface area contributed by atoms with Crippen LogP contribution in [0.5, 0.6) is 0 Å². The fourth-order valence-corrected chi connectivity index (χ4v) is 9.77. The van der Waals surface area contributed by atoms with Crippen LogP contribution in [-0.4, -0.2) is 54.3 Å². The van der Waals surface area contributed by atoms with Gasteiger partial charge in [-0.2, -0.15) is 11.8 Å². The predicted molar refractivity (Wildman–Crippen MR) is 165 cm³/mol. The average Bonchev–Trinajstić information content (AvgIpc) is 3.33. The van der Waals surface area contributed by atoms with Crippen molar-refractivity contribution in [3.8, 4) is 11.3 Å². The third-order valence-corrected chi connectivity index (χ3v) is 11.6. The maximum atomic E-state index is 13.6. The zero-order chi connectivity index (χ0) is 28.8. The molecule has 3 heterocycles. The van der Waals surface area contributed by atoms with Gasteiger partial charge in [0.15, 0.2) is 5.76 Å². The molecule has 1 N–H and O–H groups in total. The van der Waals surface area contributed by atoms with Gasteiger partial charge in [-0.3, -0.25) is 4.79 Å². The summed E-state index contributed by atoms with van der Waals surface area (Å²) in [7, 11) is -3.76. The van der Waals surface area contributed by atoms with Crippen molar-refractivity contribution in [1.29, 1.82) is 0 Å². The fraction of sp³-hybridized carbons (Fsp3) is 0.562. The molecule has 2 aromatic carbocycles. The van der Waals surface area contributed by atoms with Crippen molar-refractivity contribution >= 4 is 38.5 Å². The van der Waals surface area contributed by atoms with Gasteiger partial charge in [-0.05, 0) is 75.0 Å². The number of sulfonamides is 1. The molecule has 9 heteroatoms. The number of carbonyl (C=O) groups is 1. The third-order valence-electron chi connectivity index (χ3n) is 8.84. The zero-order valence-corrected chi connectivity index (χ0v) is 26.0. The van der Waals surface area contributed by atoms with Crippen LogP contribution in [-0.2, 0) is 16.4 Å². The molecule has 1 saturated carbocycles. The lowest BCUT2D eigenvalue weighted by Gasteiger charge is -2.51. The standard InChI is InChI=1S/C32H41N3O4S2/c1-31(2,3)34-41(37,38)27-14-13-25(23-11-7-8-12-24(23)27)28-26(19-22-9-5-4-6-10-22)33-29(39-28)30(36)35-20-32(21-35)15-17-40-18-16-32/h7-8,11-14,22,34H,4-6,9-10,15-21H2,1-3H3. The van der Waals surface area contributed by atoms with Crippen molar-refractivity contribution < 1.29 is 17.6 Å². The molecule has 0 bridgehead atoms. The fourth-order valence-electron chi connectivity index (χ4n) is 6.78. The molecule has 1 spiro atoms. The molecule has 3 aliphatic rings. The summed E-state index contributed by atoms with van der Waals surface area (Å²) < 4.78 is 35.9. The van der Waals surface area contributed by atoms with E-state index in [1.54, 1.807) is 6.07 Å². The number of carbonyl (C=O) groups excluding carboxylic acids is 1. The Labute approximate surface area is 247 Å². The number of benzene rings is 2. The quantitative estimate of drug-likeness (QED) is 0.343. The third kappa shape index (κ3) is 5.95. The monoisotopic (exact) mass is 595 g/mol. The number of hydrogen-bond acceptors (Lipinski definition) is 6. The van der Waals surface area contributed by atoms with E-state index in [1.165, 1.54) is 30.8 Å². The van der Waals surface area contributed by atoms with E-state index in [2.05, 4.69) is 4.72 Å². The number of amides is 1. The van der Waals surface area contributed by atoms with Crippen molar-refractivity contribution in [2.24, 2.45) is 11.3 Å². The minimum absolute atomic E-state index is 0.136. The largest absolute Gasteiger partial charge is 0.432 e. The van der Waals surface area contributed by atoms with Crippen molar-refractivity contribution in [3.05, 3.63) is 48.0 Å². The molecule has 0 unspecified atom stereocenters. The number of likely N-dealkylation sites (tertiary alicyclic amines) is 1. The molecule has 6 rings (SSSR count). The van der Waals surface area contributed by atoms with Crippen molar-refractivity contribution in [3.63, 3.8) is 0 Å². The number of nitrogens with zero attached hydrogens (tertiary/aromatic N) is 2. The highest BCUT2D eigenvalue weighted by Crippen LogP contribution is 2.44. The first-order chi connectivity index (χ1) is 19.5. The van der Waals surface area contributed by atoms with E-state index in [-0.39, 0.29) is 22.1 Å². The van der Waals surface area contributed by atoms with E-state index < -0.39 is 15.6 Å². The number of aromatic nitrogens is 1. The summed E-state index contributed by atoms with van der Waals surface area (Å²) in [5, 5.41) is 1.39. The molecular formula is C32H41N3O4S2. The van der Waals surface area contributed by atoms with Crippen LogP contribution >= 0.6 is 11.8 Å². The topological polar surface area (TPSA) is 92.5 Å². The van der Waals surface area contributed by atoms with E-state index in [9.17, 15) is 13.2 Å². The van der Waals surface area contributed by atoms with Crippen LogP contribution in [0.25, 0.3) is 22.1 Å². The van der Waals surface area contributed by atoms with Crippen LogP contribution in [0.3, 0.4) is 0 Å². The van der Waals surface area contributed by atoms with Crippen LogP contribution in [0.1, 0.15) is 82.1 Å². The van der Waals surface area contributed by atoms with Gasteiger partial charge >= 0.3 is 5.91 Å². The minimum atomic E-state index is -3.76. The number of rotatable bonds is 6. The Hall–Kier alpha value is -2.36. The molecule has 2 aliphatic heterocycles. The zero-order valence-electron chi connectivity index (χ0n) is 24.4. The first-order valence-electron chi connectivity index (χ1n) is 15.0. The summed E-state index contributed by atoms with van der Waals surface area (Å²) >= 11 is 2.00. The van der Waals surface area contributed by atoms with E-state index in [0.29, 0.717) is 17.1 Å². The van der Waals surface area contributed by atoms with E-state index >= 15 is 0 Å². The minimum Gasteiger partial charge on any atom is -0.432 e. The molecule has 3 fully saturated rings. The van der Waals surface area contributed by atoms with Gasteiger partial charge in [0.1, 0.15) is 0 Å². The van der Waals surface area contributed by atoms with Gasteiger partial charge in [0.2, 0.25) is 10.0 Å². The molecule has 1 aromatic heterocycles. The summed E-state index contributed by atoms with van der Waals surface area (Å²) in [6.45, 7) is 7.05. The van der Waals surface area contributed by atoms with Crippen molar-refractivity contribution in [1.82, 2.24) is 14.6 Å². The molecule has 220 valence electrons. The first kappa shape index (κ1) is 28.7. The predicted octanol–water partition coefficient (Wildman–Crippen LogP) is 6.66. The molecule has 7 nitrogen and oxygen atoms in total. The van der Waals surface area contributed by atoms with Crippen LogP contribution < -0.4 is 4.72 Å². The van der Waals surface area contributed by atoms with Gasteiger partial charge < -0.3 is 9.32 Å². The van der Waals surface area contributed by atoms with Gasteiger partial charge in [-0.1, -0.05) is 56.4 Å². The summed E-state index contributed by atoms with van der Waals surface area (Å²) in [6.07, 6.45) is 9.09. The number of nitrogens with one attached hydrogen (secondary N) is 1. The molecule has 1 amide bonds. The Bertz CT molecular complexity index is 1540. The molecule has 2 saturated heterocycles. The second-order valence-electron chi connectivity index (χ2n) is 13.3. The average molecular weight is 596 g/mol. The highest BCUT2D eigenvalue weighted by Gasteiger charge is 2.46. The van der Waals surface area contributed by atoms with Crippen molar-refractivity contribution in [2.75, 3.05) is 24.6 Å². The van der Waals surface area contributed by atoms with Gasteiger partial charge in [0, 0.05) is 35.0 Å². The van der Waals surface area contributed by atoms with Gasteiger partial charge in [0.05, 0.1) is 10.6 Å². The number of thioether (sulfide) groups is 1. The normalized spacial score (nSPS) is 19.9. The molecule has 0 radical (unpaired) electrons. The summed E-state index contributed by atoms with van der Waals surface area (Å²) in [5.74, 6) is 3.45. The van der Waals surface area contributed by atoms with Crippen LogP contribution in [0.4, 0.5) is 0 Å². The second kappa shape index (κ2) is 11.0. The van der Waals surface area contributed by atoms with Gasteiger partial charge in [-0.25, -0.2) is 18.1 Å². The second-order valence-corrected chi connectivity index (χ2v) is 16.2. The van der Waals surface area contributed by atoms with Crippen LogP contribution in [0, 0.1) is 11.3 Å². The summed E-state index contributed by atoms with van der Waals surface area (Å²) in [6, 6.07) is 11.0. The maximum absolute atomic E-state index is 13.6. The highest BCUT2D eigenvalue weighted by atomic mass is 32.2. The Morgan fingerprint density at radius 1 is 1.05 bits per heavy atom. The lowest BCUT2D eigenvalue weighted by molar-refractivity contribution is -0.00156. The number of oxazole rings is 1. The lowest BCUT2D eigenvalue weighted by Crippen LogP contribution is -2.59. The first-order valence-corrected chi connectivity index (χ1v) is 17.6. The molecular weight excluding hydrogens is 555 g/mol. The van der Waals surface area contributed by atoms with E-state index in [4.69, 9.17) is 9.40 Å². The molecule has 0 atom stereocenters. The summed E-state index contributed by atoms with van der Waals surface area (Å²) in [5.41, 5.74) is 1.23. The Balaban J connectivity index is 1.38. The number of fused-ring (bicyclic) bond motifs is 1.